The van der Waals surface area contributed by atoms with E-state index in [-0.39, 0.29) is 11.4 Å². The molecule has 2 heterocycles. The second kappa shape index (κ2) is 6.62. The van der Waals surface area contributed by atoms with E-state index in [9.17, 15) is 9.90 Å². The average Bonchev–Trinajstić information content (AvgIpc) is 3.12. The van der Waals surface area contributed by atoms with Gasteiger partial charge in [-0.3, -0.25) is 0 Å². The first-order valence-corrected chi connectivity index (χ1v) is 9.85. The molecule has 0 aliphatic rings. The molecule has 0 fully saturated rings. The molecule has 5 aromatic rings. The van der Waals surface area contributed by atoms with Crippen LogP contribution >= 0.6 is 11.3 Å². The second-order valence-electron chi connectivity index (χ2n) is 6.63. The molecule has 0 spiro atoms. The molecule has 0 unspecified atom stereocenters. The summed E-state index contributed by atoms with van der Waals surface area (Å²) in [6.07, 6.45) is 0.367. The van der Waals surface area contributed by atoms with Crippen molar-refractivity contribution in [3.63, 3.8) is 0 Å². The van der Waals surface area contributed by atoms with Gasteiger partial charge in [0.2, 0.25) is 0 Å². The van der Waals surface area contributed by atoms with Gasteiger partial charge in [-0.15, -0.1) is 8.97 Å². The maximum Gasteiger partial charge on any atom is 0.357 e. The highest BCUT2D eigenvalue weighted by atomic mass is 32.1. The molecule has 2 aromatic heterocycles. The summed E-state index contributed by atoms with van der Waals surface area (Å²) in [7, 11) is 0. The first-order valence-electron chi connectivity index (χ1n) is 9.03. The second-order valence-corrected chi connectivity index (χ2v) is 7.64. The van der Waals surface area contributed by atoms with E-state index >= 15 is 0 Å². The molecule has 0 amide bonds. The number of aromatic hydroxyl groups is 1. The molecule has 0 radical (unpaired) electrons. The molecule has 0 aliphatic carbocycles. The van der Waals surface area contributed by atoms with Gasteiger partial charge in [-0.05, 0) is 41.2 Å². The van der Waals surface area contributed by atoms with Crippen LogP contribution in [0.2, 0.25) is 0 Å². The Morgan fingerprint density at radius 2 is 1.50 bits per heavy atom. The Labute approximate surface area is 165 Å². The SMILES string of the molecule is O=c1c(Cc2ccccc2)c(O)[n+]2c3ccccc3sc2n1-c1ccccc1. The number of fused-ring (bicyclic) bond motifs is 3. The van der Waals surface area contributed by atoms with Crippen molar-refractivity contribution in [2.75, 3.05) is 0 Å². The highest BCUT2D eigenvalue weighted by Crippen LogP contribution is 2.26. The standard InChI is InChI=1S/C23H16N2O2S/c26-21-18(15-16-9-3-1-4-10-16)22(27)25-19-13-7-8-14-20(19)28-23(25)24(21)17-11-5-2-6-12-17/h1-14H,15H2/p+1. The van der Waals surface area contributed by atoms with Crippen molar-refractivity contribution >= 4 is 26.5 Å². The maximum absolute atomic E-state index is 13.5. The Morgan fingerprint density at radius 1 is 0.857 bits per heavy atom. The van der Waals surface area contributed by atoms with E-state index in [1.54, 1.807) is 8.97 Å². The van der Waals surface area contributed by atoms with Crippen LogP contribution in [-0.2, 0) is 6.42 Å². The van der Waals surface area contributed by atoms with Crippen LogP contribution in [0.5, 0.6) is 5.88 Å². The summed E-state index contributed by atoms with van der Waals surface area (Å²) < 4.78 is 4.49. The topological polar surface area (TPSA) is 46.3 Å². The highest BCUT2D eigenvalue weighted by molar-refractivity contribution is 7.23. The molecule has 1 N–H and O–H groups in total. The van der Waals surface area contributed by atoms with E-state index in [1.165, 1.54) is 11.3 Å². The first kappa shape index (κ1) is 16.7. The first-order chi connectivity index (χ1) is 13.7. The minimum absolute atomic E-state index is 0.00786. The zero-order valence-electron chi connectivity index (χ0n) is 14.9. The predicted molar refractivity (Wildman–Crippen MR) is 111 cm³/mol. The summed E-state index contributed by atoms with van der Waals surface area (Å²) in [5.74, 6) is 0.00786. The van der Waals surface area contributed by atoms with Crippen LogP contribution in [0.1, 0.15) is 11.1 Å². The molecule has 0 atom stereocenters. The van der Waals surface area contributed by atoms with E-state index in [1.807, 2.05) is 84.9 Å². The molecule has 136 valence electrons. The van der Waals surface area contributed by atoms with Crippen LogP contribution in [0, 0.1) is 0 Å². The van der Waals surface area contributed by atoms with Crippen LogP contribution in [-0.4, -0.2) is 9.67 Å². The Kier molecular flexibility index (Phi) is 3.95. The lowest BCUT2D eigenvalue weighted by atomic mass is 10.1. The Morgan fingerprint density at radius 3 is 2.25 bits per heavy atom. The van der Waals surface area contributed by atoms with Crippen LogP contribution in [0.4, 0.5) is 0 Å². The molecular weight excluding hydrogens is 368 g/mol. The third kappa shape index (κ3) is 2.60. The average molecular weight is 385 g/mol. The Balaban J connectivity index is 1.90. The number of para-hydroxylation sites is 2. The van der Waals surface area contributed by atoms with E-state index in [2.05, 4.69) is 0 Å². The number of rotatable bonds is 3. The number of nitrogens with zero attached hydrogens (tertiary/aromatic N) is 2. The lowest BCUT2D eigenvalue weighted by Gasteiger charge is -2.06. The van der Waals surface area contributed by atoms with Gasteiger partial charge in [0.05, 0.1) is 4.70 Å². The van der Waals surface area contributed by atoms with Crippen LogP contribution in [0.25, 0.3) is 20.9 Å². The Bertz CT molecular complexity index is 1360. The fourth-order valence-corrected chi connectivity index (χ4v) is 4.70. The normalized spacial score (nSPS) is 11.3. The molecule has 5 heteroatoms. The molecule has 5 rings (SSSR count). The highest BCUT2D eigenvalue weighted by Gasteiger charge is 2.28. The van der Waals surface area contributed by atoms with Crippen molar-refractivity contribution < 1.29 is 9.51 Å². The third-order valence-electron chi connectivity index (χ3n) is 4.87. The van der Waals surface area contributed by atoms with Crippen molar-refractivity contribution in [2.24, 2.45) is 0 Å². The van der Waals surface area contributed by atoms with Gasteiger partial charge in [-0.25, -0.2) is 4.79 Å². The van der Waals surface area contributed by atoms with Gasteiger partial charge in [0, 0.05) is 6.42 Å². The summed E-state index contributed by atoms with van der Waals surface area (Å²) in [5, 5.41) is 11.1. The maximum atomic E-state index is 13.5. The van der Waals surface area contributed by atoms with Crippen molar-refractivity contribution in [3.8, 4) is 11.6 Å². The van der Waals surface area contributed by atoms with Crippen LogP contribution < -0.4 is 9.96 Å². The van der Waals surface area contributed by atoms with E-state index in [0.717, 1.165) is 21.5 Å². The number of benzene rings is 3. The lowest BCUT2D eigenvalue weighted by molar-refractivity contribution is -0.494. The Hall–Kier alpha value is -3.44. The van der Waals surface area contributed by atoms with Crippen LogP contribution in [0.3, 0.4) is 0 Å². The zero-order valence-corrected chi connectivity index (χ0v) is 15.8. The molecular formula is C23H17N2O2S+. The molecule has 28 heavy (non-hydrogen) atoms. The van der Waals surface area contributed by atoms with Crippen molar-refractivity contribution in [3.05, 3.63) is 106 Å². The smallest absolute Gasteiger partial charge is 0.357 e. The predicted octanol–water partition coefficient (Wildman–Crippen LogP) is 4.09. The minimum atomic E-state index is -0.195. The van der Waals surface area contributed by atoms with Gasteiger partial charge in [-0.1, -0.05) is 60.7 Å². The van der Waals surface area contributed by atoms with Crippen molar-refractivity contribution in [2.45, 2.75) is 6.42 Å². The summed E-state index contributed by atoms with van der Waals surface area (Å²) in [5.41, 5.74) is 2.84. The lowest BCUT2D eigenvalue weighted by Crippen LogP contribution is -2.34. The molecule has 0 saturated heterocycles. The van der Waals surface area contributed by atoms with E-state index in [4.69, 9.17) is 0 Å². The van der Waals surface area contributed by atoms with Gasteiger partial charge < -0.3 is 5.11 Å². The minimum Gasteiger partial charge on any atom is -0.477 e. The zero-order chi connectivity index (χ0) is 19.1. The van der Waals surface area contributed by atoms with Crippen molar-refractivity contribution in [1.82, 2.24) is 4.57 Å². The molecule has 0 aliphatic heterocycles. The number of aromatic nitrogens is 2. The van der Waals surface area contributed by atoms with Crippen molar-refractivity contribution in [1.29, 1.82) is 0 Å². The van der Waals surface area contributed by atoms with Gasteiger partial charge >= 0.3 is 10.5 Å². The molecule has 3 aromatic carbocycles. The summed E-state index contributed by atoms with van der Waals surface area (Å²) in [6.45, 7) is 0. The molecule has 0 bridgehead atoms. The summed E-state index contributed by atoms with van der Waals surface area (Å²) >= 11 is 1.49. The quantitative estimate of drug-likeness (QED) is 0.476. The molecule has 4 nitrogen and oxygen atoms in total. The number of thiazole rings is 1. The van der Waals surface area contributed by atoms with E-state index < -0.39 is 0 Å². The summed E-state index contributed by atoms with van der Waals surface area (Å²) in [4.78, 5) is 14.2. The summed E-state index contributed by atoms with van der Waals surface area (Å²) in [6, 6.07) is 27.2. The number of hydrogen-bond donors (Lipinski definition) is 1. The van der Waals surface area contributed by atoms with Gasteiger partial charge in [-0.2, -0.15) is 0 Å². The third-order valence-corrected chi connectivity index (χ3v) is 5.98. The largest absolute Gasteiger partial charge is 0.477 e. The van der Waals surface area contributed by atoms with Gasteiger partial charge in [0.25, 0.3) is 5.88 Å². The van der Waals surface area contributed by atoms with Crippen LogP contribution in [0.15, 0.2) is 89.7 Å². The van der Waals surface area contributed by atoms with E-state index in [0.29, 0.717) is 16.9 Å². The van der Waals surface area contributed by atoms with Gasteiger partial charge in [0.1, 0.15) is 11.3 Å². The number of hydrogen-bond acceptors (Lipinski definition) is 3. The molecule has 0 saturated carbocycles. The van der Waals surface area contributed by atoms with Gasteiger partial charge in [0.15, 0.2) is 5.52 Å². The fourth-order valence-electron chi connectivity index (χ4n) is 3.54. The fraction of sp³-hybridized carbons (Fsp3) is 0.0435. The monoisotopic (exact) mass is 385 g/mol.